The normalized spacial score (nSPS) is 11.1. The van der Waals surface area contributed by atoms with Crippen LogP contribution >= 0.6 is 0 Å². The molecule has 5 heteroatoms. The van der Waals surface area contributed by atoms with Gasteiger partial charge in [0.2, 0.25) is 5.75 Å². The van der Waals surface area contributed by atoms with E-state index in [9.17, 15) is 9.90 Å². The number of aryl methyl sites for hydroxylation is 2. The van der Waals surface area contributed by atoms with Crippen molar-refractivity contribution in [1.29, 1.82) is 0 Å². The van der Waals surface area contributed by atoms with Crippen LogP contribution in [0.15, 0.2) is 23.0 Å². The van der Waals surface area contributed by atoms with Gasteiger partial charge in [0.1, 0.15) is 5.82 Å². The number of rotatable bonds is 6. The van der Waals surface area contributed by atoms with Crippen LogP contribution in [0.5, 0.6) is 11.6 Å². The van der Waals surface area contributed by atoms with Crippen LogP contribution < -0.4 is 10.3 Å². The Hall–Kier alpha value is -2.30. The van der Waals surface area contributed by atoms with Gasteiger partial charge in [-0.2, -0.15) is 4.98 Å². The lowest BCUT2D eigenvalue weighted by atomic mass is 10.0. The minimum Gasteiger partial charge on any atom is -0.490 e. The summed E-state index contributed by atoms with van der Waals surface area (Å²) in [5, 5.41) is 10.1. The van der Waals surface area contributed by atoms with Gasteiger partial charge in [-0.25, -0.2) is 0 Å². The van der Waals surface area contributed by atoms with E-state index in [1.165, 1.54) is 0 Å². The fourth-order valence-corrected chi connectivity index (χ4v) is 2.89. The molecule has 1 N–H and O–H groups in total. The highest BCUT2D eigenvalue weighted by Gasteiger charge is 2.23. The molecular formula is C19H26N2O3. The minimum atomic E-state index is -0.358. The Bertz CT molecular complexity index is 757. The van der Waals surface area contributed by atoms with Gasteiger partial charge in [-0.05, 0) is 30.9 Å². The molecule has 0 amide bonds. The average molecular weight is 330 g/mol. The summed E-state index contributed by atoms with van der Waals surface area (Å²) in [4.78, 5) is 17.4. The number of aromatic hydroxyl groups is 1. The van der Waals surface area contributed by atoms with Gasteiger partial charge in [-0.1, -0.05) is 45.9 Å². The summed E-state index contributed by atoms with van der Waals surface area (Å²) in [5.74, 6) is 0.0918. The smallest absolute Gasteiger partial charge is 0.304 e. The zero-order chi connectivity index (χ0) is 17.9. The summed E-state index contributed by atoms with van der Waals surface area (Å²) in [6.07, 6.45) is 1.61. The summed E-state index contributed by atoms with van der Waals surface area (Å²) < 4.78 is 6.98. The van der Waals surface area contributed by atoms with E-state index in [1.807, 2.05) is 32.0 Å². The van der Waals surface area contributed by atoms with Gasteiger partial charge < -0.3 is 9.84 Å². The molecule has 1 aromatic heterocycles. The maximum atomic E-state index is 13.1. The Balaban J connectivity index is 2.93. The van der Waals surface area contributed by atoms with E-state index < -0.39 is 0 Å². The quantitative estimate of drug-likeness (QED) is 0.879. The molecule has 0 saturated heterocycles. The lowest BCUT2D eigenvalue weighted by Gasteiger charge is -2.21. The minimum absolute atomic E-state index is 0.0195. The number of ether oxygens (including phenoxy) is 1. The molecule has 0 radical (unpaired) electrons. The van der Waals surface area contributed by atoms with Crippen LogP contribution in [0.4, 0.5) is 0 Å². The summed E-state index contributed by atoms with van der Waals surface area (Å²) in [5.41, 5.74) is 2.66. The largest absolute Gasteiger partial charge is 0.490 e. The average Bonchev–Trinajstić information content (AvgIpc) is 2.57. The zero-order valence-corrected chi connectivity index (χ0v) is 15.1. The fourth-order valence-electron chi connectivity index (χ4n) is 2.89. The van der Waals surface area contributed by atoms with Crippen molar-refractivity contribution in [3.05, 3.63) is 45.5 Å². The Labute approximate surface area is 142 Å². The molecule has 1 heterocycles. The van der Waals surface area contributed by atoms with Crippen molar-refractivity contribution in [2.45, 2.75) is 53.4 Å². The standard InChI is InChI=1S/C19H26N2O3/c1-6-13-10-9-11-14(7-2)15(13)21-17(12(4)5)20-18(22)16(19(21)23)24-8-3/h9-12,22H,6-8H2,1-5H3. The first-order chi connectivity index (χ1) is 11.5. The number of aromatic nitrogens is 2. The molecule has 2 rings (SSSR count). The molecule has 0 aliphatic rings. The second-order valence-corrected chi connectivity index (χ2v) is 5.98. The van der Waals surface area contributed by atoms with Gasteiger partial charge in [0.25, 0.3) is 5.88 Å². The van der Waals surface area contributed by atoms with Crippen molar-refractivity contribution in [2.24, 2.45) is 0 Å². The first-order valence-corrected chi connectivity index (χ1v) is 8.55. The molecule has 130 valence electrons. The van der Waals surface area contributed by atoms with Crippen LogP contribution in [0.25, 0.3) is 5.69 Å². The molecule has 0 saturated carbocycles. The number of nitrogens with zero attached hydrogens (tertiary/aromatic N) is 2. The van der Waals surface area contributed by atoms with Crippen molar-refractivity contribution >= 4 is 0 Å². The molecule has 2 aromatic rings. The van der Waals surface area contributed by atoms with E-state index >= 15 is 0 Å². The third-order valence-corrected chi connectivity index (χ3v) is 4.04. The predicted octanol–water partition coefficient (Wildman–Crippen LogP) is 3.59. The van der Waals surface area contributed by atoms with E-state index in [4.69, 9.17) is 4.74 Å². The third kappa shape index (κ3) is 3.16. The van der Waals surface area contributed by atoms with Gasteiger partial charge >= 0.3 is 5.56 Å². The van der Waals surface area contributed by atoms with Crippen LogP contribution in [0.2, 0.25) is 0 Å². The van der Waals surface area contributed by atoms with Crippen molar-refractivity contribution in [2.75, 3.05) is 6.61 Å². The van der Waals surface area contributed by atoms with Gasteiger partial charge in [0.05, 0.1) is 12.3 Å². The third-order valence-electron chi connectivity index (χ3n) is 4.04. The molecule has 1 aromatic carbocycles. The Kier molecular flexibility index (Phi) is 5.65. The topological polar surface area (TPSA) is 64.3 Å². The summed E-state index contributed by atoms with van der Waals surface area (Å²) >= 11 is 0. The highest BCUT2D eigenvalue weighted by atomic mass is 16.5. The second kappa shape index (κ2) is 7.51. The maximum absolute atomic E-state index is 13.1. The van der Waals surface area contributed by atoms with Crippen molar-refractivity contribution < 1.29 is 9.84 Å². The van der Waals surface area contributed by atoms with Crippen LogP contribution in [-0.2, 0) is 12.8 Å². The summed E-state index contributed by atoms with van der Waals surface area (Å²) in [6.45, 7) is 10.1. The van der Waals surface area contributed by atoms with E-state index in [2.05, 4.69) is 18.8 Å². The van der Waals surface area contributed by atoms with Gasteiger partial charge in [0.15, 0.2) is 0 Å². The molecule has 5 nitrogen and oxygen atoms in total. The second-order valence-electron chi connectivity index (χ2n) is 5.98. The van der Waals surface area contributed by atoms with Crippen molar-refractivity contribution in [1.82, 2.24) is 9.55 Å². The van der Waals surface area contributed by atoms with Crippen LogP contribution in [0, 0.1) is 0 Å². The lowest BCUT2D eigenvalue weighted by Crippen LogP contribution is -2.27. The first-order valence-electron chi connectivity index (χ1n) is 8.55. The van der Waals surface area contributed by atoms with E-state index in [1.54, 1.807) is 11.5 Å². The zero-order valence-electron chi connectivity index (χ0n) is 15.1. The fraction of sp³-hybridized carbons (Fsp3) is 0.474. The van der Waals surface area contributed by atoms with Crippen LogP contribution in [0.3, 0.4) is 0 Å². The Morgan fingerprint density at radius 3 is 2.21 bits per heavy atom. The van der Waals surface area contributed by atoms with Crippen molar-refractivity contribution in [3.63, 3.8) is 0 Å². The molecule has 0 unspecified atom stereocenters. The van der Waals surface area contributed by atoms with Gasteiger partial charge in [-0.3, -0.25) is 9.36 Å². The van der Waals surface area contributed by atoms with Crippen molar-refractivity contribution in [3.8, 4) is 17.3 Å². The highest BCUT2D eigenvalue weighted by Crippen LogP contribution is 2.28. The molecule has 0 atom stereocenters. The van der Waals surface area contributed by atoms with Gasteiger partial charge in [0, 0.05) is 5.92 Å². The highest BCUT2D eigenvalue weighted by molar-refractivity contribution is 5.51. The lowest BCUT2D eigenvalue weighted by molar-refractivity contribution is 0.303. The molecule has 0 aliphatic carbocycles. The molecule has 0 spiro atoms. The monoisotopic (exact) mass is 330 g/mol. The number of para-hydroxylation sites is 1. The Morgan fingerprint density at radius 1 is 1.17 bits per heavy atom. The van der Waals surface area contributed by atoms with E-state index in [0.29, 0.717) is 12.4 Å². The molecule has 0 bridgehead atoms. The number of hydrogen-bond acceptors (Lipinski definition) is 4. The SMILES string of the molecule is CCOc1c(O)nc(C(C)C)n(-c2c(CC)cccc2CC)c1=O. The van der Waals surface area contributed by atoms with Crippen LogP contribution in [-0.4, -0.2) is 21.3 Å². The predicted molar refractivity (Wildman–Crippen MR) is 95.5 cm³/mol. The molecule has 0 aliphatic heterocycles. The molecule has 0 fully saturated rings. The van der Waals surface area contributed by atoms with E-state index in [0.717, 1.165) is 29.7 Å². The van der Waals surface area contributed by atoms with E-state index in [-0.39, 0.29) is 23.1 Å². The maximum Gasteiger partial charge on any atom is 0.304 e. The summed E-state index contributed by atoms with van der Waals surface area (Å²) in [7, 11) is 0. The van der Waals surface area contributed by atoms with Crippen LogP contribution in [0.1, 0.15) is 57.5 Å². The van der Waals surface area contributed by atoms with Gasteiger partial charge in [-0.15, -0.1) is 0 Å². The molecular weight excluding hydrogens is 304 g/mol. The number of hydrogen-bond donors (Lipinski definition) is 1. The summed E-state index contributed by atoms with van der Waals surface area (Å²) in [6, 6.07) is 6.06. The first kappa shape index (κ1) is 18.0. The number of benzene rings is 1. The molecule has 24 heavy (non-hydrogen) atoms. The Morgan fingerprint density at radius 2 is 1.75 bits per heavy atom.